The van der Waals surface area contributed by atoms with Crippen LogP contribution in [-0.4, -0.2) is 24.7 Å². The lowest BCUT2D eigenvalue weighted by Crippen LogP contribution is -2.35. The Labute approximate surface area is 94.3 Å². The molecule has 0 fully saturated rings. The van der Waals surface area contributed by atoms with E-state index in [2.05, 4.69) is 44.9 Å². The van der Waals surface area contributed by atoms with E-state index in [1.165, 1.54) is 0 Å². The quantitative estimate of drug-likeness (QED) is 0.579. The molecule has 0 saturated carbocycles. The fourth-order valence-electron chi connectivity index (χ4n) is 0.883. The van der Waals surface area contributed by atoms with Crippen LogP contribution in [0.1, 0.15) is 48.5 Å². The van der Waals surface area contributed by atoms with Gasteiger partial charge in [0.15, 0.2) is 0 Å². The fraction of sp³-hybridized carbons (Fsp3) is 0.917. The molecule has 0 aliphatic heterocycles. The third kappa shape index (κ3) is 9.57. The van der Waals surface area contributed by atoms with Crippen molar-refractivity contribution in [3.8, 4) is 0 Å². The van der Waals surface area contributed by atoms with Crippen LogP contribution in [0.4, 0.5) is 0 Å². The topological polar surface area (TPSA) is 33.6 Å². The molecule has 0 saturated heterocycles. The van der Waals surface area contributed by atoms with E-state index in [0.29, 0.717) is 18.7 Å². The second kappa shape index (κ2) is 5.99. The average molecular weight is 214 g/mol. The Balaban J connectivity index is 4.26. The van der Waals surface area contributed by atoms with Crippen molar-refractivity contribution in [1.82, 2.24) is 5.32 Å². The molecule has 90 valence electrons. The van der Waals surface area contributed by atoms with Gasteiger partial charge in [0.2, 0.25) is 0 Å². The summed E-state index contributed by atoms with van der Waals surface area (Å²) >= 11 is 0. The molecule has 0 amide bonds. The first-order valence-corrected chi connectivity index (χ1v) is 5.68. The largest absolute Gasteiger partial charge is 0.465 e. The number of hydrogen-bond acceptors (Lipinski definition) is 2. The molecule has 0 atom stereocenters. The van der Waals surface area contributed by atoms with Gasteiger partial charge in [-0.05, 0) is 33.1 Å². The fourth-order valence-corrected chi connectivity index (χ4v) is 0.883. The monoisotopic (exact) mass is 214 g/mol. The van der Waals surface area contributed by atoms with Crippen molar-refractivity contribution in [3.05, 3.63) is 0 Å². The lowest BCUT2D eigenvalue weighted by molar-refractivity contribution is 0.177. The van der Waals surface area contributed by atoms with Gasteiger partial charge in [-0.1, -0.05) is 20.8 Å². The van der Waals surface area contributed by atoms with E-state index in [9.17, 15) is 0 Å². The molecular weight excluding hydrogens is 188 g/mol. The minimum Gasteiger partial charge on any atom is -0.465 e. The molecule has 3 nitrogen and oxygen atoms in total. The van der Waals surface area contributed by atoms with E-state index in [1.54, 1.807) is 0 Å². The lowest BCUT2D eigenvalue weighted by atomic mass is 9.99. The third-order valence-corrected chi connectivity index (χ3v) is 1.43. The minimum atomic E-state index is 0.163. The number of amidine groups is 1. The summed E-state index contributed by atoms with van der Waals surface area (Å²) in [5, 5.41) is 3.21. The second-order valence-electron chi connectivity index (χ2n) is 5.68. The van der Waals surface area contributed by atoms with Crippen molar-refractivity contribution >= 4 is 6.02 Å². The van der Waals surface area contributed by atoms with Gasteiger partial charge in [0, 0.05) is 12.1 Å². The highest BCUT2D eigenvalue weighted by Gasteiger charge is 2.13. The number of rotatable bonds is 3. The van der Waals surface area contributed by atoms with E-state index in [-0.39, 0.29) is 11.5 Å². The molecule has 0 aromatic carbocycles. The molecule has 3 heteroatoms. The summed E-state index contributed by atoms with van der Waals surface area (Å²) < 4.78 is 5.67. The van der Waals surface area contributed by atoms with E-state index in [0.717, 1.165) is 0 Å². The molecule has 0 aliphatic rings. The predicted octanol–water partition coefficient (Wildman–Crippen LogP) is 2.81. The van der Waals surface area contributed by atoms with Gasteiger partial charge in [-0.25, -0.2) is 4.99 Å². The van der Waals surface area contributed by atoms with E-state index < -0.39 is 0 Å². The Kier molecular flexibility index (Phi) is 5.69. The molecule has 0 unspecified atom stereocenters. The Hall–Kier alpha value is -0.730. The van der Waals surface area contributed by atoms with Crippen molar-refractivity contribution in [2.75, 3.05) is 6.61 Å². The standard InChI is InChI=1S/C12H26N2O/c1-9(2)13-11(14-10(3)4)15-8-12(5,6)7/h9-10H,8H2,1-7H3,(H,13,14). The normalized spacial score (nSPS) is 13.5. The van der Waals surface area contributed by atoms with Gasteiger partial charge in [0.05, 0.1) is 6.61 Å². The molecule has 1 N–H and O–H groups in total. The minimum absolute atomic E-state index is 0.163. The van der Waals surface area contributed by atoms with Crippen molar-refractivity contribution < 1.29 is 4.74 Å². The van der Waals surface area contributed by atoms with Gasteiger partial charge >= 0.3 is 0 Å². The zero-order valence-electron chi connectivity index (χ0n) is 11.2. The summed E-state index contributed by atoms with van der Waals surface area (Å²) in [6, 6.07) is 1.27. The molecule has 0 aromatic rings. The van der Waals surface area contributed by atoms with Gasteiger partial charge in [0.1, 0.15) is 0 Å². The number of hydrogen-bond donors (Lipinski definition) is 1. The first-order chi connectivity index (χ1) is 6.70. The van der Waals surface area contributed by atoms with Gasteiger partial charge in [-0.15, -0.1) is 0 Å². The Morgan fingerprint density at radius 1 is 1.20 bits per heavy atom. The van der Waals surface area contributed by atoms with Crippen molar-refractivity contribution in [2.45, 2.75) is 60.5 Å². The summed E-state index contributed by atoms with van der Waals surface area (Å²) in [5.41, 5.74) is 0.163. The number of ether oxygens (including phenoxy) is 1. The Morgan fingerprint density at radius 3 is 2.07 bits per heavy atom. The third-order valence-electron chi connectivity index (χ3n) is 1.43. The van der Waals surface area contributed by atoms with Crippen LogP contribution >= 0.6 is 0 Å². The summed E-state index contributed by atoms with van der Waals surface area (Å²) in [6.07, 6.45) is 0. The molecule has 0 heterocycles. The molecule has 0 rings (SSSR count). The van der Waals surface area contributed by atoms with Gasteiger partial charge in [-0.3, -0.25) is 0 Å². The highest BCUT2D eigenvalue weighted by molar-refractivity contribution is 5.74. The highest BCUT2D eigenvalue weighted by Crippen LogP contribution is 2.13. The van der Waals surface area contributed by atoms with Crippen LogP contribution in [0.3, 0.4) is 0 Å². The van der Waals surface area contributed by atoms with Gasteiger partial charge < -0.3 is 10.1 Å². The molecule has 0 bridgehead atoms. The number of nitrogens with zero attached hydrogens (tertiary/aromatic N) is 1. The van der Waals surface area contributed by atoms with Crippen LogP contribution in [-0.2, 0) is 4.74 Å². The SMILES string of the molecule is CC(C)N=C(NC(C)C)OCC(C)(C)C. The maximum absolute atomic E-state index is 5.67. The summed E-state index contributed by atoms with van der Waals surface area (Å²) in [5.74, 6) is 0. The predicted molar refractivity (Wildman–Crippen MR) is 66.2 cm³/mol. The Morgan fingerprint density at radius 2 is 1.73 bits per heavy atom. The van der Waals surface area contributed by atoms with Crippen LogP contribution in [0, 0.1) is 5.41 Å². The second-order valence-corrected chi connectivity index (χ2v) is 5.68. The average Bonchev–Trinajstić information content (AvgIpc) is 1.96. The van der Waals surface area contributed by atoms with Gasteiger partial charge in [-0.2, -0.15) is 0 Å². The molecular formula is C12H26N2O. The van der Waals surface area contributed by atoms with Crippen LogP contribution in [0.25, 0.3) is 0 Å². The maximum Gasteiger partial charge on any atom is 0.285 e. The van der Waals surface area contributed by atoms with E-state index in [1.807, 2.05) is 13.8 Å². The molecule has 0 radical (unpaired) electrons. The smallest absolute Gasteiger partial charge is 0.285 e. The summed E-state index contributed by atoms with van der Waals surface area (Å²) in [4.78, 5) is 4.40. The van der Waals surface area contributed by atoms with E-state index in [4.69, 9.17) is 4.74 Å². The van der Waals surface area contributed by atoms with Gasteiger partial charge in [0.25, 0.3) is 6.02 Å². The number of nitrogens with one attached hydrogen (secondary N) is 1. The van der Waals surface area contributed by atoms with Crippen LogP contribution in [0.15, 0.2) is 4.99 Å². The van der Waals surface area contributed by atoms with Crippen molar-refractivity contribution in [3.63, 3.8) is 0 Å². The first kappa shape index (κ1) is 14.3. The summed E-state index contributed by atoms with van der Waals surface area (Å²) in [7, 11) is 0. The van der Waals surface area contributed by atoms with Crippen molar-refractivity contribution in [2.24, 2.45) is 10.4 Å². The summed E-state index contributed by atoms with van der Waals surface area (Å²) in [6.45, 7) is 15.4. The zero-order chi connectivity index (χ0) is 12.1. The molecule has 0 aliphatic carbocycles. The van der Waals surface area contributed by atoms with Crippen LogP contribution in [0.2, 0.25) is 0 Å². The highest BCUT2D eigenvalue weighted by atomic mass is 16.5. The van der Waals surface area contributed by atoms with Crippen molar-refractivity contribution in [1.29, 1.82) is 0 Å². The Bertz CT molecular complexity index is 202. The zero-order valence-corrected chi connectivity index (χ0v) is 11.2. The van der Waals surface area contributed by atoms with E-state index >= 15 is 0 Å². The number of aliphatic imine (C=N–C) groups is 1. The van der Waals surface area contributed by atoms with Crippen LogP contribution in [0.5, 0.6) is 0 Å². The maximum atomic E-state index is 5.67. The molecule has 0 aromatic heterocycles. The molecule has 0 spiro atoms. The first-order valence-electron chi connectivity index (χ1n) is 5.68. The lowest BCUT2D eigenvalue weighted by Gasteiger charge is -2.21. The van der Waals surface area contributed by atoms with Crippen LogP contribution < -0.4 is 5.32 Å². The molecule has 15 heavy (non-hydrogen) atoms.